The number of ether oxygens (including phenoxy) is 1. The number of nitrogens with two attached hydrogens (primary N) is 1. The van der Waals surface area contributed by atoms with Gasteiger partial charge in [0.2, 0.25) is 0 Å². The lowest BCUT2D eigenvalue weighted by Gasteiger charge is -2.34. The van der Waals surface area contributed by atoms with Gasteiger partial charge in [-0.25, -0.2) is 4.98 Å². The Morgan fingerprint density at radius 1 is 1.50 bits per heavy atom. The number of fused-ring (bicyclic) bond motifs is 1. The number of anilines is 1. The lowest BCUT2D eigenvalue weighted by molar-refractivity contribution is -0.0541. The van der Waals surface area contributed by atoms with Crippen molar-refractivity contribution in [2.45, 2.75) is 44.8 Å². The van der Waals surface area contributed by atoms with Gasteiger partial charge in [-0.1, -0.05) is 13.8 Å². The molecule has 0 aromatic carbocycles. The molecule has 3 heterocycles. The minimum Gasteiger partial charge on any atom is -0.383 e. The molecule has 0 amide bonds. The number of hydrogen-bond donors (Lipinski definition) is 2. The van der Waals surface area contributed by atoms with E-state index in [1.807, 2.05) is 13.8 Å². The van der Waals surface area contributed by atoms with Gasteiger partial charge in [-0.05, 0) is 25.3 Å². The smallest absolute Gasteiger partial charge is 0.256 e. The summed E-state index contributed by atoms with van der Waals surface area (Å²) in [6, 6.07) is 0.533. The van der Waals surface area contributed by atoms with Gasteiger partial charge in [0.1, 0.15) is 17.7 Å². The Morgan fingerprint density at radius 2 is 2.30 bits per heavy atom. The number of rotatable bonds is 2. The van der Waals surface area contributed by atoms with E-state index in [2.05, 4.69) is 14.9 Å². The van der Waals surface area contributed by atoms with Gasteiger partial charge in [-0.15, -0.1) is 0 Å². The molecule has 2 unspecified atom stereocenters. The first-order chi connectivity index (χ1) is 9.56. The molecular formula is C14H22N4O2. The molecule has 2 fully saturated rings. The van der Waals surface area contributed by atoms with Crippen molar-refractivity contribution in [2.75, 3.05) is 25.4 Å². The molecule has 1 aromatic heterocycles. The second-order valence-electron chi connectivity index (χ2n) is 6.02. The van der Waals surface area contributed by atoms with Crippen molar-refractivity contribution >= 4 is 5.82 Å². The molecule has 0 aliphatic carbocycles. The minimum absolute atomic E-state index is 0.0653. The second kappa shape index (κ2) is 5.18. The standard InChI is InChI=1S/C14H22N4O2/c1-8(2)11-12(15)16-13(17-14(11)19)10-6-18-5-3-4-9(18)7-20-10/h8-10H,3-7H2,1-2H3,(H3,15,16,17,19). The van der Waals surface area contributed by atoms with Crippen LogP contribution in [0.2, 0.25) is 0 Å². The Balaban J connectivity index is 1.86. The first kappa shape index (κ1) is 13.6. The quantitative estimate of drug-likeness (QED) is 0.843. The summed E-state index contributed by atoms with van der Waals surface area (Å²) >= 11 is 0. The molecule has 2 aliphatic heterocycles. The van der Waals surface area contributed by atoms with Gasteiger partial charge in [0.25, 0.3) is 5.56 Å². The van der Waals surface area contributed by atoms with Crippen molar-refractivity contribution in [1.82, 2.24) is 14.9 Å². The van der Waals surface area contributed by atoms with Crippen molar-refractivity contribution in [3.63, 3.8) is 0 Å². The summed E-state index contributed by atoms with van der Waals surface area (Å²) in [5.74, 6) is 0.948. The maximum Gasteiger partial charge on any atom is 0.256 e. The Hall–Kier alpha value is -1.40. The van der Waals surface area contributed by atoms with Gasteiger partial charge in [-0.3, -0.25) is 9.69 Å². The van der Waals surface area contributed by atoms with Crippen LogP contribution < -0.4 is 11.3 Å². The summed E-state index contributed by atoms with van der Waals surface area (Å²) < 4.78 is 5.86. The summed E-state index contributed by atoms with van der Waals surface area (Å²) in [5.41, 5.74) is 6.35. The van der Waals surface area contributed by atoms with Crippen molar-refractivity contribution < 1.29 is 4.74 Å². The normalized spacial score (nSPS) is 26.9. The molecule has 2 aliphatic rings. The van der Waals surface area contributed by atoms with Crippen LogP contribution in [0.3, 0.4) is 0 Å². The Kier molecular flexibility index (Phi) is 3.52. The summed E-state index contributed by atoms with van der Waals surface area (Å²) in [6.07, 6.45) is 2.24. The van der Waals surface area contributed by atoms with Crippen LogP contribution in [0, 0.1) is 0 Å². The van der Waals surface area contributed by atoms with Crippen LogP contribution in [0.1, 0.15) is 50.1 Å². The van der Waals surface area contributed by atoms with Gasteiger partial charge in [0, 0.05) is 12.6 Å². The lowest BCUT2D eigenvalue weighted by Crippen LogP contribution is -2.43. The van der Waals surface area contributed by atoms with E-state index in [4.69, 9.17) is 10.5 Å². The monoisotopic (exact) mass is 278 g/mol. The number of aromatic nitrogens is 2. The summed E-state index contributed by atoms with van der Waals surface area (Å²) in [7, 11) is 0. The van der Waals surface area contributed by atoms with Gasteiger partial charge < -0.3 is 15.5 Å². The van der Waals surface area contributed by atoms with Crippen molar-refractivity contribution in [2.24, 2.45) is 0 Å². The van der Waals surface area contributed by atoms with Crippen molar-refractivity contribution in [1.29, 1.82) is 0 Å². The maximum atomic E-state index is 12.1. The first-order valence-corrected chi connectivity index (χ1v) is 7.31. The van der Waals surface area contributed by atoms with Crippen LogP contribution in [0.4, 0.5) is 5.82 Å². The van der Waals surface area contributed by atoms with Gasteiger partial charge in [0.15, 0.2) is 0 Å². The zero-order valence-corrected chi connectivity index (χ0v) is 12.1. The predicted octanol–water partition coefficient (Wildman–Crippen LogP) is 1.01. The number of nitrogens with one attached hydrogen (secondary N) is 1. The second-order valence-corrected chi connectivity index (χ2v) is 6.02. The molecule has 110 valence electrons. The molecule has 2 saturated heterocycles. The van der Waals surface area contributed by atoms with Gasteiger partial charge >= 0.3 is 0 Å². The fourth-order valence-electron chi connectivity index (χ4n) is 3.21. The number of hydrogen-bond acceptors (Lipinski definition) is 5. The van der Waals surface area contributed by atoms with E-state index in [9.17, 15) is 4.79 Å². The lowest BCUT2D eigenvalue weighted by atomic mass is 10.1. The van der Waals surface area contributed by atoms with Crippen LogP contribution in [0.15, 0.2) is 4.79 Å². The van der Waals surface area contributed by atoms with Crippen molar-refractivity contribution in [3.05, 3.63) is 21.7 Å². The van der Waals surface area contributed by atoms with Crippen LogP contribution in [-0.2, 0) is 4.74 Å². The molecule has 3 N–H and O–H groups in total. The molecule has 3 rings (SSSR count). The predicted molar refractivity (Wildman–Crippen MR) is 76.6 cm³/mol. The van der Waals surface area contributed by atoms with E-state index >= 15 is 0 Å². The number of H-pyrrole nitrogens is 1. The third-order valence-electron chi connectivity index (χ3n) is 4.27. The zero-order chi connectivity index (χ0) is 14.3. The molecule has 1 aromatic rings. The SMILES string of the molecule is CC(C)c1c(N)nc(C2CN3CCCC3CO2)[nH]c1=O. The largest absolute Gasteiger partial charge is 0.383 e. The molecule has 0 radical (unpaired) electrons. The van der Waals surface area contributed by atoms with Crippen LogP contribution in [-0.4, -0.2) is 40.6 Å². The highest BCUT2D eigenvalue weighted by atomic mass is 16.5. The number of morpholine rings is 1. The van der Waals surface area contributed by atoms with Crippen LogP contribution in [0.5, 0.6) is 0 Å². The highest BCUT2D eigenvalue weighted by molar-refractivity contribution is 5.40. The van der Waals surface area contributed by atoms with E-state index in [1.165, 1.54) is 12.8 Å². The summed E-state index contributed by atoms with van der Waals surface area (Å²) in [6.45, 7) is 6.48. The molecule has 0 bridgehead atoms. The van der Waals surface area contributed by atoms with E-state index in [1.54, 1.807) is 0 Å². The van der Waals surface area contributed by atoms with Gasteiger partial charge in [0.05, 0.1) is 12.2 Å². The average Bonchev–Trinajstić information content (AvgIpc) is 2.84. The Bertz CT molecular complexity index is 555. The summed E-state index contributed by atoms with van der Waals surface area (Å²) in [5, 5.41) is 0. The van der Waals surface area contributed by atoms with E-state index < -0.39 is 0 Å². The number of aromatic amines is 1. The molecule has 20 heavy (non-hydrogen) atoms. The highest BCUT2D eigenvalue weighted by Crippen LogP contribution is 2.29. The molecule has 6 heteroatoms. The summed E-state index contributed by atoms with van der Waals surface area (Å²) in [4.78, 5) is 21.8. The fourth-order valence-corrected chi connectivity index (χ4v) is 3.21. The van der Waals surface area contributed by atoms with Gasteiger partial charge in [-0.2, -0.15) is 0 Å². The van der Waals surface area contributed by atoms with Crippen LogP contribution >= 0.6 is 0 Å². The molecule has 2 atom stereocenters. The first-order valence-electron chi connectivity index (χ1n) is 7.31. The van der Waals surface area contributed by atoms with E-state index in [0.29, 0.717) is 29.9 Å². The number of nitrogens with zero attached hydrogens (tertiary/aromatic N) is 2. The minimum atomic E-state index is -0.180. The molecule has 0 spiro atoms. The molecular weight excluding hydrogens is 256 g/mol. The van der Waals surface area contributed by atoms with Crippen molar-refractivity contribution in [3.8, 4) is 0 Å². The third kappa shape index (κ3) is 2.33. The molecule has 0 saturated carbocycles. The van der Waals surface area contributed by atoms with E-state index in [0.717, 1.165) is 13.1 Å². The zero-order valence-electron chi connectivity index (χ0n) is 12.1. The third-order valence-corrected chi connectivity index (χ3v) is 4.27. The fraction of sp³-hybridized carbons (Fsp3) is 0.714. The van der Waals surface area contributed by atoms with Crippen LogP contribution in [0.25, 0.3) is 0 Å². The Labute approximate surface area is 118 Å². The average molecular weight is 278 g/mol. The maximum absolute atomic E-state index is 12.1. The number of nitrogen functional groups attached to an aromatic ring is 1. The molecule has 6 nitrogen and oxygen atoms in total. The topological polar surface area (TPSA) is 84.2 Å². The highest BCUT2D eigenvalue weighted by Gasteiger charge is 2.34. The Morgan fingerprint density at radius 3 is 3.00 bits per heavy atom. The van der Waals surface area contributed by atoms with E-state index in [-0.39, 0.29) is 17.6 Å².